The third-order valence-corrected chi connectivity index (χ3v) is 5.23. The Balaban J connectivity index is 1.52. The Morgan fingerprint density at radius 2 is 2.10 bits per heavy atom. The average Bonchev–Trinajstić information content (AvgIpc) is 3.25. The third-order valence-electron chi connectivity index (χ3n) is 4.29. The predicted octanol–water partition coefficient (Wildman–Crippen LogP) is 3.99. The first-order chi connectivity index (χ1) is 10.3. The number of fused-ring (bicyclic) bond motifs is 1. The van der Waals surface area contributed by atoms with Crippen molar-refractivity contribution in [3.8, 4) is 0 Å². The highest BCUT2D eigenvalue weighted by atomic mass is 32.2. The fourth-order valence-electron chi connectivity index (χ4n) is 2.92. The summed E-state index contributed by atoms with van der Waals surface area (Å²) in [7, 11) is 0. The summed E-state index contributed by atoms with van der Waals surface area (Å²) in [4.78, 5) is 7.03. The van der Waals surface area contributed by atoms with Crippen LogP contribution in [0.3, 0.4) is 0 Å². The predicted molar refractivity (Wildman–Crippen MR) is 87.2 cm³/mol. The fourth-order valence-corrected chi connectivity index (χ4v) is 3.66. The number of nitrogens with one attached hydrogen (secondary N) is 1. The van der Waals surface area contributed by atoms with E-state index in [2.05, 4.69) is 45.8 Å². The molecule has 1 aliphatic carbocycles. The Morgan fingerprint density at radius 3 is 2.90 bits per heavy atom. The van der Waals surface area contributed by atoms with Crippen LogP contribution in [0.4, 0.5) is 5.69 Å². The van der Waals surface area contributed by atoms with Crippen LogP contribution in [0.2, 0.25) is 0 Å². The van der Waals surface area contributed by atoms with Gasteiger partial charge in [-0.15, -0.1) is 0 Å². The van der Waals surface area contributed by atoms with Gasteiger partial charge in [0.15, 0.2) is 0 Å². The molecule has 0 radical (unpaired) electrons. The van der Waals surface area contributed by atoms with Crippen molar-refractivity contribution in [2.24, 2.45) is 0 Å². The molecule has 1 aromatic carbocycles. The van der Waals surface area contributed by atoms with Gasteiger partial charge in [-0.1, -0.05) is 18.2 Å². The maximum absolute atomic E-state index is 4.43. The van der Waals surface area contributed by atoms with Gasteiger partial charge in [0, 0.05) is 43.0 Å². The minimum atomic E-state index is 0.830. The molecule has 2 heterocycles. The number of nitrogens with zero attached hydrogens (tertiary/aromatic N) is 2. The molecule has 0 amide bonds. The highest BCUT2D eigenvalue weighted by molar-refractivity contribution is 8.00. The molecule has 2 aliphatic rings. The Bertz CT molecular complexity index is 667. The van der Waals surface area contributed by atoms with E-state index < -0.39 is 0 Å². The Morgan fingerprint density at radius 1 is 1.19 bits per heavy atom. The van der Waals surface area contributed by atoms with E-state index in [0.717, 1.165) is 24.2 Å². The van der Waals surface area contributed by atoms with Crippen molar-refractivity contribution in [3.05, 3.63) is 53.2 Å². The number of aryl methyl sites for hydroxylation is 1. The molecule has 1 fully saturated rings. The van der Waals surface area contributed by atoms with Crippen LogP contribution in [0.1, 0.15) is 29.5 Å². The minimum absolute atomic E-state index is 0.830. The molecule has 1 saturated carbocycles. The second kappa shape index (κ2) is 5.35. The van der Waals surface area contributed by atoms with Crippen LogP contribution in [0.25, 0.3) is 0 Å². The normalized spacial score (nSPS) is 17.8. The second-order valence-corrected chi connectivity index (χ2v) is 6.70. The van der Waals surface area contributed by atoms with E-state index in [1.54, 1.807) is 11.9 Å². The summed E-state index contributed by atoms with van der Waals surface area (Å²) in [6, 6.07) is 11.5. The molecule has 21 heavy (non-hydrogen) atoms. The standard InChI is InChI=1S/C17H19N3S/c1-12-4-3-9-18-17(12)21-19-16-6-2-5-13-10-20(11-15(13)16)14-7-8-14/h2-6,9,14,19H,7-8,10-11H2,1H3. The largest absolute Gasteiger partial charge is 0.324 e. The van der Waals surface area contributed by atoms with Gasteiger partial charge in [-0.05, 0) is 48.6 Å². The lowest BCUT2D eigenvalue weighted by molar-refractivity contribution is 0.273. The molecule has 3 nitrogen and oxygen atoms in total. The first-order valence-corrected chi connectivity index (χ1v) is 8.32. The van der Waals surface area contributed by atoms with E-state index in [1.165, 1.54) is 35.2 Å². The summed E-state index contributed by atoms with van der Waals surface area (Å²) in [6.07, 6.45) is 4.60. The van der Waals surface area contributed by atoms with Gasteiger partial charge in [-0.2, -0.15) is 0 Å². The Hall–Kier alpha value is -1.52. The first-order valence-electron chi connectivity index (χ1n) is 7.50. The van der Waals surface area contributed by atoms with Crippen molar-refractivity contribution in [2.75, 3.05) is 4.72 Å². The molecule has 0 bridgehead atoms. The lowest BCUT2D eigenvalue weighted by Crippen LogP contribution is -2.18. The number of rotatable bonds is 4. The molecule has 0 saturated heterocycles. The quantitative estimate of drug-likeness (QED) is 0.864. The van der Waals surface area contributed by atoms with Gasteiger partial charge in [-0.25, -0.2) is 4.98 Å². The van der Waals surface area contributed by atoms with E-state index in [-0.39, 0.29) is 0 Å². The van der Waals surface area contributed by atoms with Crippen LogP contribution in [0.15, 0.2) is 41.6 Å². The monoisotopic (exact) mass is 297 g/mol. The fraction of sp³-hybridized carbons (Fsp3) is 0.353. The number of aromatic nitrogens is 1. The summed E-state index contributed by atoms with van der Waals surface area (Å²) in [5.74, 6) is 0. The van der Waals surface area contributed by atoms with E-state index in [9.17, 15) is 0 Å². The first kappa shape index (κ1) is 13.2. The van der Waals surface area contributed by atoms with Crippen molar-refractivity contribution < 1.29 is 0 Å². The smallest absolute Gasteiger partial charge is 0.119 e. The van der Waals surface area contributed by atoms with Crippen molar-refractivity contribution in [1.29, 1.82) is 0 Å². The Kier molecular flexibility index (Phi) is 3.36. The molecule has 2 aromatic rings. The minimum Gasteiger partial charge on any atom is -0.324 e. The second-order valence-electron chi connectivity index (χ2n) is 5.91. The molecule has 4 rings (SSSR count). The molecule has 108 valence electrons. The van der Waals surface area contributed by atoms with Gasteiger partial charge in [0.25, 0.3) is 0 Å². The van der Waals surface area contributed by atoms with Gasteiger partial charge in [0.2, 0.25) is 0 Å². The van der Waals surface area contributed by atoms with Gasteiger partial charge in [-0.3, -0.25) is 4.90 Å². The van der Waals surface area contributed by atoms with Crippen molar-refractivity contribution >= 4 is 17.6 Å². The highest BCUT2D eigenvalue weighted by Crippen LogP contribution is 2.38. The topological polar surface area (TPSA) is 28.2 Å². The van der Waals surface area contributed by atoms with E-state index in [4.69, 9.17) is 0 Å². The van der Waals surface area contributed by atoms with Crippen LogP contribution < -0.4 is 4.72 Å². The number of hydrogen-bond acceptors (Lipinski definition) is 4. The van der Waals surface area contributed by atoms with Crippen LogP contribution in [-0.2, 0) is 13.1 Å². The number of hydrogen-bond donors (Lipinski definition) is 1. The lowest BCUT2D eigenvalue weighted by Gasteiger charge is -2.13. The van der Waals surface area contributed by atoms with Gasteiger partial charge in [0.1, 0.15) is 5.03 Å². The van der Waals surface area contributed by atoms with E-state index in [0.29, 0.717) is 0 Å². The zero-order valence-corrected chi connectivity index (χ0v) is 13.0. The summed E-state index contributed by atoms with van der Waals surface area (Å²) in [5, 5.41) is 1.05. The van der Waals surface area contributed by atoms with E-state index >= 15 is 0 Å². The maximum atomic E-state index is 4.43. The van der Waals surface area contributed by atoms with Crippen LogP contribution >= 0.6 is 11.9 Å². The number of benzene rings is 1. The van der Waals surface area contributed by atoms with Crippen molar-refractivity contribution in [3.63, 3.8) is 0 Å². The van der Waals surface area contributed by atoms with Gasteiger partial charge in [0.05, 0.1) is 0 Å². The molecule has 0 atom stereocenters. The van der Waals surface area contributed by atoms with Gasteiger partial charge >= 0.3 is 0 Å². The SMILES string of the molecule is Cc1cccnc1SNc1cccc2c1CN(C1CC1)C2. The van der Waals surface area contributed by atoms with E-state index in [1.807, 2.05) is 12.3 Å². The highest BCUT2D eigenvalue weighted by Gasteiger charge is 2.33. The number of anilines is 1. The number of pyridine rings is 1. The van der Waals surface area contributed by atoms with Crippen LogP contribution in [0, 0.1) is 6.92 Å². The zero-order valence-electron chi connectivity index (χ0n) is 12.2. The lowest BCUT2D eigenvalue weighted by atomic mass is 10.1. The molecule has 0 spiro atoms. The van der Waals surface area contributed by atoms with Gasteiger partial charge < -0.3 is 4.72 Å². The summed E-state index contributed by atoms with van der Waals surface area (Å²) < 4.78 is 3.51. The molecular weight excluding hydrogens is 278 g/mol. The third kappa shape index (κ3) is 2.65. The zero-order chi connectivity index (χ0) is 14.2. The van der Waals surface area contributed by atoms with Crippen LogP contribution in [0.5, 0.6) is 0 Å². The molecule has 0 unspecified atom stereocenters. The summed E-state index contributed by atoms with van der Waals surface area (Å²) >= 11 is 1.61. The average molecular weight is 297 g/mol. The maximum Gasteiger partial charge on any atom is 0.119 e. The molecule has 4 heteroatoms. The van der Waals surface area contributed by atoms with Crippen molar-refractivity contribution in [1.82, 2.24) is 9.88 Å². The summed E-state index contributed by atoms with van der Waals surface area (Å²) in [5.41, 5.74) is 5.39. The summed E-state index contributed by atoms with van der Waals surface area (Å²) in [6.45, 7) is 4.30. The molecular formula is C17H19N3S. The van der Waals surface area contributed by atoms with Crippen LogP contribution in [-0.4, -0.2) is 15.9 Å². The Labute approximate surface area is 129 Å². The van der Waals surface area contributed by atoms with Crippen molar-refractivity contribution in [2.45, 2.75) is 43.9 Å². The molecule has 1 aliphatic heterocycles. The molecule has 1 N–H and O–H groups in total. The molecule has 1 aromatic heterocycles.